The summed E-state index contributed by atoms with van der Waals surface area (Å²) in [5.74, 6) is 0.603. The van der Waals surface area contributed by atoms with E-state index in [2.05, 4.69) is 16.5 Å². The lowest BCUT2D eigenvalue weighted by Gasteiger charge is -2.08. The first-order valence-electron chi connectivity index (χ1n) is 5.76. The van der Waals surface area contributed by atoms with Crippen LogP contribution in [0.15, 0.2) is 30.6 Å². The third-order valence-electron chi connectivity index (χ3n) is 2.70. The Bertz CT molecular complexity index is 505. The van der Waals surface area contributed by atoms with E-state index in [1.807, 2.05) is 6.20 Å². The van der Waals surface area contributed by atoms with Gasteiger partial charge in [0, 0.05) is 36.6 Å². The lowest BCUT2D eigenvalue weighted by atomic mass is 10.1. The van der Waals surface area contributed by atoms with Crippen LogP contribution in [0.3, 0.4) is 0 Å². The number of rotatable bonds is 4. The molecule has 0 aliphatic heterocycles. The Labute approximate surface area is 100 Å². The number of benzene rings is 1. The van der Waals surface area contributed by atoms with Gasteiger partial charge >= 0.3 is 0 Å². The molecule has 0 fully saturated rings. The van der Waals surface area contributed by atoms with Gasteiger partial charge in [-0.05, 0) is 24.6 Å². The molecule has 0 atom stereocenters. The predicted molar refractivity (Wildman–Crippen MR) is 65.8 cm³/mol. The fourth-order valence-electron chi connectivity index (χ4n) is 1.86. The van der Waals surface area contributed by atoms with E-state index in [1.54, 1.807) is 18.3 Å². The second-order valence-electron chi connectivity index (χ2n) is 3.95. The molecule has 0 unspecified atom stereocenters. The molecule has 0 aliphatic rings. The number of hydrogen-bond acceptors (Lipinski definition) is 2. The van der Waals surface area contributed by atoms with Gasteiger partial charge in [-0.25, -0.2) is 9.37 Å². The van der Waals surface area contributed by atoms with E-state index in [-0.39, 0.29) is 12.4 Å². The van der Waals surface area contributed by atoms with Gasteiger partial charge in [-0.2, -0.15) is 0 Å². The van der Waals surface area contributed by atoms with Crippen molar-refractivity contribution in [2.45, 2.75) is 26.4 Å². The fourth-order valence-corrected chi connectivity index (χ4v) is 1.86. The van der Waals surface area contributed by atoms with Crippen molar-refractivity contribution in [1.29, 1.82) is 0 Å². The van der Waals surface area contributed by atoms with Crippen molar-refractivity contribution >= 4 is 0 Å². The molecule has 1 aromatic heterocycles. The van der Waals surface area contributed by atoms with Gasteiger partial charge in [-0.1, -0.05) is 6.92 Å². The van der Waals surface area contributed by atoms with Crippen molar-refractivity contribution in [2.75, 3.05) is 0 Å². The minimum atomic E-state index is -0.259. The largest absolute Gasteiger partial charge is 0.331 e. The van der Waals surface area contributed by atoms with Crippen LogP contribution >= 0.6 is 0 Å². The molecule has 17 heavy (non-hydrogen) atoms. The average molecular weight is 233 g/mol. The lowest BCUT2D eigenvalue weighted by Crippen LogP contribution is -2.02. The topological polar surface area (TPSA) is 43.8 Å². The van der Waals surface area contributed by atoms with E-state index < -0.39 is 0 Å². The summed E-state index contributed by atoms with van der Waals surface area (Å²) < 4.78 is 15.4. The Morgan fingerprint density at radius 1 is 1.41 bits per heavy atom. The Morgan fingerprint density at radius 2 is 2.24 bits per heavy atom. The SMILES string of the molecule is CCCn1ccnc1-c1ccc(F)c(CN)c1. The second kappa shape index (κ2) is 5.10. The van der Waals surface area contributed by atoms with Crippen molar-refractivity contribution < 1.29 is 4.39 Å². The van der Waals surface area contributed by atoms with Crippen LogP contribution in [0.2, 0.25) is 0 Å². The first-order valence-corrected chi connectivity index (χ1v) is 5.76. The maximum Gasteiger partial charge on any atom is 0.139 e. The summed E-state index contributed by atoms with van der Waals surface area (Å²) in [5.41, 5.74) is 6.93. The van der Waals surface area contributed by atoms with E-state index in [9.17, 15) is 4.39 Å². The van der Waals surface area contributed by atoms with Gasteiger partial charge < -0.3 is 10.3 Å². The molecule has 0 amide bonds. The van der Waals surface area contributed by atoms with Gasteiger partial charge in [-0.15, -0.1) is 0 Å². The Hall–Kier alpha value is -1.68. The molecule has 90 valence electrons. The predicted octanol–water partition coefficient (Wildman–Crippen LogP) is 2.56. The van der Waals surface area contributed by atoms with Gasteiger partial charge in [0.2, 0.25) is 0 Å². The third kappa shape index (κ3) is 2.36. The third-order valence-corrected chi connectivity index (χ3v) is 2.70. The monoisotopic (exact) mass is 233 g/mol. The molecular weight excluding hydrogens is 217 g/mol. The van der Waals surface area contributed by atoms with Crippen LogP contribution in [0, 0.1) is 5.82 Å². The number of halogens is 1. The molecule has 1 aromatic carbocycles. The van der Waals surface area contributed by atoms with Crippen LogP contribution in [-0.4, -0.2) is 9.55 Å². The number of nitrogens with zero attached hydrogens (tertiary/aromatic N) is 2. The average Bonchev–Trinajstić information content (AvgIpc) is 2.78. The van der Waals surface area contributed by atoms with E-state index >= 15 is 0 Å². The summed E-state index contributed by atoms with van der Waals surface area (Å²) in [7, 11) is 0. The standard InChI is InChI=1S/C13H16FN3/c1-2-6-17-7-5-16-13(17)10-3-4-12(14)11(8-10)9-15/h3-5,7-8H,2,6,9,15H2,1H3. The summed E-state index contributed by atoms with van der Waals surface area (Å²) in [4.78, 5) is 4.31. The molecule has 0 saturated carbocycles. The molecule has 0 aliphatic carbocycles. The maximum absolute atomic E-state index is 13.4. The van der Waals surface area contributed by atoms with E-state index in [4.69, 9.17) is 5.73 Å². The van der Waals surface area contributed by atoms with Gasteiger partial charge in [0.05, 0.1) is 0 Å². The van der Waals surface area contributed by atoms with Crippen molar-refractivity contribution in [3.05, 3.63) is 42.0 Å². The Morgan fingerprint density at radius 3 is 2.94 bits per heavy atom. The molecule has 2 N–H and O–H groups in total. The highest BCUT2D eigenvalue weighted by Crippen LogP contribution is 2.20. The lowest BCUT2D eigenvalue weighted by molar-refractivity contribution is 0.610. The Balaban J connectivity index is 2.42. The highest BCUT2D eigenvalue weighted by molar-refractivity contribution is 5.57. The zero-order valence-electron chi connectivity index (χ0n) is 9.86. The summed E-state index contributed by atoms with van der Waals surface area (Å²) >= 11 is 0. The van der Waals surface area contributed by atoms with Gasteiger partial charge in [-0.3, -0.25) is 0 Å². The number of hydrogen-bond donors (Lipinski definition) is 1. The van der Waals surface area contributed by atoms with E-state index in [1.165, 1.54) is 6.07 Å². The molecule has 0 saturated heterocycles. The minimum Gasteiger partial charge on any atom is -0.331 e. The zero-order valence-corrected chi connectivity index (χ0v) is 9.86. The minimum absolute atomic E-state index is 0.203. The van der Waals surface area contributed by atoms with Crippen LogP contribution < -0.4 is 5.73 Å². The van der Waals surface area contributed by atoms with Gasteiger partial charge in [0.15, 0.2) is 0 Å². The van der Waals surface area contributed by atoms with E-state index in [0.29, 0.717) is 5.56 Å². The fraction of sp³-hybridized carbons (Fsp3) is 0.308. The molecule has 3 nitrogen and oxygen atoms in total. The van der Waals surface area contributed by atoms with Gasteiger partial charge in [0.25, 0.3) is 0 Å². The molecule has 0 radical (unpaired) electrons. The highest BCUT2D eigenvalue weighted by Gasteiger charge is 2.08. The van der Waals surface area contributed by atoms with Gasteiger partial charge in [0.1, 0.15) is 11.6 Å². The summed E-state index contributed by atoms with van der Waals surface area (Å²) in [6.07, 6.45) is 4.73. The van der Waals surface area contributed by atoms with Crippen LogP contribution in [-0.2, 0) is 13.1 Å². The summed E-state index contributed by atoms with van der Waals surface area (Å²) in [6, 6.07) is 4.95. The normalized spacial score (nSPS) is 10.8. The van der Waals surface area contributed by atoms with Crippen molar-refractivity contribution in [1.82, 2.24) is 9.55 Å². The summed E-state index contributed by atoms with van der Waals surface area (Å²) in [6.45, 7) is 3.22. The Kier molecular flexibility index (Phi) is 3.54. The van der Waals surface area contributed by atoms with Crippen molar-refractivity contribution in [3.63, 3.8) is 0 Å². The van der Waals surface area contributed by atoms with Crippen LogP contribution in [0.1, 0.15) is 18.9 Å². The van der Waals surface area contributed by atoms with Crippen molar-refractivity contribution in [2.24, 2.45) is 5.73 Å². The second-order valence-corrected chi connectivity index (χ2v) is 3.95. The van der Waals surface area contributed by atoms with Crippen molar-refractivity contribution in [3.8, 4) is 11.4 Å². The number of aryl methyl sites for hydroxylation is 1. The zero-order chi connectivity index (χ0) is 12.3. The maximum atomic E-state index is 13.4. The molecule has 2 aromatic rings. The molecule has 0 spiro atoms. The highest BCUT2D eigenvalue weighted by atomic mass is 19.1. The van der Waals surface area contributed by atoms with Crippen LogP contribution in [0.25, 0.3) is 11.4 Å². The molecular formula is C13H16FN3. The molecule has 1 heterocycles. The quantitative estimate of drug-likeness (QED) is 0.882. The number of imidazole rings is 1. The number of nitrogens with two attached hydrogens (primary N) is 1. The van der Waals surface area contributed by atoms with Crippen LogP contribution in [0.5, 0.6) is 0 Å². The molecule has 0 bridgehead atoms. The molecule has 4 heteroatoms. The summed E-state index contributed by atoms with van der Waals surface area (Å²) in [5, 5.41) is 0. The number of aromatic nitrogens is 2. The van der Waals surface area contributed by atoms with E-state index in [0.717, 1.165) is 24.4 Å². The molecule has 2 rings (SSSR count). The first-order chi connectivity index (χ1) is 8.26. The smallest absolute Gasteiger partial charge is 0.139 e. The first kappa shape index (κ1) is 11.8. The van der Waals surface area contributed by atoms with Crippen LogP contribution in [0.4, 0.5) is 4.39 Å².